The van der Waals surface area contributed by atoms with Gasteiger partial charge in [0.15, 0.2) is 14.3 Å². The Morgan fingerprint density at radius 3 is 1.03 bits per heavy atom. The van der Waals surface area contributed by atoms with Gasteiger partial charge in [-0.25, -0.2) is 4.99 Å². The van der Waals surface area contributed by atoms with Crippen LogP contribution in [0.25, 0.3) is 0 Å². The van der Waals surface area contributed by atoms with Crippen molar-refractivity contribution in [3.05, 3.63) is 126 Å². The van der Waals surface area contributed by atoms with Gasteiger partial charge >= 0.3 is 0 Å². The van der Waals surface area contributed by atoms with Gasteiger partial charge in [-0.15, -0.1) is 0 Å². The quantitative estimate of drug-likeness (QED) is 0.231. The van der Waals surface area contributed by atoms with E-state index in [1.165, 1.54) is 0 Å². The number of aliphatic imine (C=N–C) groups is 1. The molecule has 35 heavy (non-hydrogen) atoms. The Bertz CT molecular complexity index is 1250. The average Bonchev–Trinajstić information content (AvgIpc) is 2.89. The van der Waals surface area contributed by atoms with Gasteiger partial charge in [0.1, 0.15) is 5.06 Å². The third kappa shape index (κ3) is 5.09. The lowest BCUT2D eigenvalue weighted by molar-refractivity contribution is 0.585. The standard InChI is InChI=1S/C30H29NO2P2/c1-30(2,3)31-24-29(34(32,25-16-8-4-9-17-25)26-18-10-5-11-19-26)35(33,27-20-12-6-13-21-27)28-22-14-7-15-23-28/h4-23H,1-3H3. The third-order valence-electron chi connectivity index (χ3n) is 5.57. The lowest BCUT2D eigenvalue weighted by Gasteiger charge is -2.28. The van der Waals surface area contributed by atoms with E-state index >= 15 is 9.13 Å². The topological polar surface area (TPSA) is 46.5 Å². The Labute approximate surface area is 208 Å². The summed E-state index contributed by atoms with van der Waals surface area (Å²) in [6, 6.07) is 37.2. The molecule has 0 radical (unpaired) electrons. The summed E-state index contributed by atoms with van der Waals surface area (Å²) in [6.45, 7) is 5.84. The maximum Gasteiger partial charge on any atom is 0.184 e. The number of rotatable bonds is 6. The van der Waals surface area contributed by atoms with Crippen LogP contribution in [0.1, 0.15) is 20.8 Å². The summed E-state index contributed by atoms with van der Waals surface area (Å²) in [5, 5.41) is 2.64. The predicted octanol–water partition coefficient (Wildman–Crippen LogP) is 6.32. The van der Waals surface area contributed by atoms with Gasteiger partial charge in [-0.2, -0.15) is 0 Å². The van der Waals surface area contributed by atoms with Crippen molar-refractivity contribution in [2.24, 2.45) is 4.99 Å². The number of nitrogens with zero attached hydrogens (tertiary/aromatic N) is 1. The van der Waals surface area contributed by atoms with Crippen LogP contribution in [0, 0.1) is 0 Å². The molecule has 0 bridgehead atoms. The second kappa shape index (κ2) is 10.2. The van der Waals surface area contributed by atoms with Crippen LogP contribution in [-0.2, 0) is 9.13 Å². The zero-order valence-electron chi connectivity index (χ0n) is 20.2. The van der Waals surface area contributed by atoms with Crippen molar-refractivity contribution in [1.29, 1.82) is 0 Å². The first-order valence-electron chi connectivity index (χ1n) is 11.5. The molecule has 176 valence electrons. The molecule has 0 aliphatic carbocycles. The van der Waals surface area contributed by atoms with Crippen LogP contribution in [0.5, 0.6) is 0 Å². The van der Waals surface area contributed by atoms with Gasteiger partial charge in [0.05, 0.1) is 5.54 Å². The molecule has 0 fully saturated rings. The van der Waals surface area contributed by atoms with Gasteiger partial charge in [0.2, 0.25) is 0 Å². The monoisotopic (exact) mass is 497 g/mol. The van der Waals surface area contributed by atoms with E-state index in [4.69, 9.17) is 0 Å². The lowest BCUT2D eigenvalue weighted by Crippen LogP contribution is -2.24. The molecular formula is C30H29NO2P2. The molecule has 0 aliphatic heterocycles. The molecule has 5 heteroatoms. The molecule has 4 rings (SSSR count). The zero-order valence-corrected chi connectivity index (χ0v) is 22.0. The minimum atomic E-state index is -3.62. The summed E-state index contributed by atoms with van der Waals surface area (Å²) in [5.74, 6) is 3.15. The smallest absolute Gasteiger partial charge is 0.184 e. The Kier molecular flexibility index (Phi) is 7.25. The van der Waals surface area contributed by atoms with Crippen molar-refractivity contribution >= 4 is 41.4 Å². The highest BCUT2D eigenvalue weighted by molar-refractivity contribution is 8.00. The highest BCUT2D eigenvalue weighted by Gasteiger charge is 2.45. The van der Waals surface area contributed by atoms with E-state index in [0.717, 1.165) is 0 Å². The van der Waals surface area contributed by atoms with Crippen molar-refractivity contribution in [2.75, 3.05) is 0 Å². The van der Waals surface area contributed by atoms with Gasteiger partial charge in [0.25, 0.3) is 0 Å². The molecule has 0 unspecified atom stereocenters. The fraction of sp³-hybridized carbons (Fsp3) is 0.133. The van der Waals surface area contributed by atoms with Gasteiger partial charge in [-0.1, -0.05) is 121 Å². The fourth-order valence-corrected chi connectivity index (χ4v) is 11.2. The summed E-state index contributed by atoms with van der Waals surface area (Å²) in [7, 11) is -7.25. The van der Waals surface area contributed by atoms with Crippen molar-refractivity contribution < 1.29 is 9.13 Å². The van der Waals surface area contributed by atoms with E-state index in [1.54, 1.807) is 0 Å². The predicted molar refractivity (Wildman–Crippen MR) is 150 cm³/mol. The summed E-state index contributed by atoms with van der Waals surface area (Å²) in [5.41, 5.74) is -0.498. The van der Waals surface area contributed by atoms with Gasteiger partial charge < -0.3 is 9.13 Å². The maximum atomic E-state index is 15.5. The second-order valence-electron chi connectivity index (χ2n) is 9.28. The van der Waals surface area contributed by atoms with E-state index in [0.29, 0.717) is 21.2 Å². The van der Waals surface area contributed by atoms with Crippen molar-refractivity contribution in [2.45, 2.75) is 26.3 Å². The van der Waals surface area contributed by atoms with Crippen LogP contribution in [0.3, 0.4) is 0 Å². The highest BCUT2D eigenvalue weighted by atomic mass is 31.2. The molecule has 0 aliphatic rings. The Balaban J connectivity index is 2.19. The minimum absolute atomic E-state index is 0.231. The lowest BCUT2D eigenvalue weighted by atomic mass is 10.1. The number of benzene rings is 4. The van der Waals surface area contributed by atoms with Crippen LogP contribution >= 0.6 is 14.3 Å². The van der Waals surface area contributed by atoms with Gasteiger partial charge in [-0.3, -0.25) is 0 Å². The van der Waals surface area contributed by atoms with E-state index in [9.17, 15) is 0 Å². The molecule has 4 aromatic rings. The molecule has 0 N–H and O–H groups in total. The van der Waals surface area contributed by atoms with E-state index < -0.39 is 19.8 Å². The fourth-order valence-electron chi connectivity index (χ4n) is 3.90. The minimum Gasteiger partial charge on any atom is -0.308 e. The first kappa shape index (κ1) is 24.9. The molecule has 4 aromatic carbocycles. The molecule has 0 atom stereocenters. The number of hydrogen-bond donors (Lipinski definition) is 0. The van der Waals surface area contributed by atoms with Crippen LogP contribution in [-0.4, -0.2) is 11.4 Å². The highest BCUT2D eigenvalue weighted by Crippen LogP contribution is 2.68. The molecule has 0 aromatic heterocycles. The molecule has 0 saturated carbocycles. The van der Waals surface area contributed by atoms with Crippen LogP contribution in [0.15, 0.2) is 131 Å². The number of hydrogen-bond acceptors (Lipinski definition) is 3. The summed E-state index contributed by atoms with van der Waals surface area (Å²) >= 11 is 0. The van der Waals surface area contributed by atoms with Crippen molar-refractivity contribution in [3.63, 3.8) is 0 Å². The average molecular weight is 498 g/mol. The second-order valence-corrected chi connectivity index (χ2v) is 15.0. The van der Waals surface area contributed by atoms with Gasteiger partial charge in [0, 0.05) is 21.2 Å². The first-order valence-corrected chi connectivity index (χ1v) is 15.0. The van der Waals surface area contributed by atoms with Crippen molar-refractivity contribution in [3.8, 4) is 0 Å². The SMILES string of the molecule is CC(C)(C)N=C=C(P(=O)(c1ccccc1)c1ccccc1)P(=O)(c1ccccc1)c1ccccc1. The normalized spacial score (nSPS) is 12.0. The van der Waals surface area contributed by atoms with Crippen LogP contribution in [0.2, 0.25) is 0 Å². The summed E-state index contributed by atoms with van der Waals surface area (Å²) < 4.78 is 31.0. The molecular weight excluding hydrogens is 468 g/mol. The zero-order chi connectivity index (χ0) is 24.9. The molecule has 0 amide bonds. The van der Waals surface area contributed by atoms with E-state index in [-0.39, 0.29) is 5.06 Å². The molecule has 0 spiro atoms. The Hall–Kier alpha value is -3.21. The third-order valence-corrected chi connectivity index (χ3v) is 12.8. The summed E-state index contributed by atoms with van der Waals surface area (Å²) in [4.78, 5) is 4.66. The molecule has 0 saturated heterocycles. The van der Waals surface area contributed by atoms with Gasteiger partial charge in [-0.05, 0) is 26.6 Å². The van der Waals surface area contributed by atoms with E-state index in [2.05, 4.69) is 10.9 Å². The first-order chi connectivity index (χ1) is 16.8. The summed E-state index contributed by atoms with van der Waals surface area (Å²) in [6.07, 6.45) is 0. The van der Waals surface area contributed by atoms with E-state index in [1.807, 2.05) is 142 Å². The Morgan fingerprint density at radius 1 is 0.543 bits per heavy atom. The Morgan fingerprint density at radius 2 is 0.800 bits per heavy atom. The molecule has 3 nitrogen and oxygen atoms in total. The van der Waals surface area contributed by atoms with Crippen molar-refractivity contribution in [1.82, 2.24) is 0 Å². The largest absolute Gasteiger partial charge is 0.308 e. The molecule has 0 heterocycles. The maximum absolute atomic E-state index is 15.5. The van der Waals surface area contributed by atoms with Crippen LogP contribution < -0.4 is 21.2 Å². The van der Waals surface area contributed by atoms with Crippen LogP contribution in [0.4, 0.5) is 0 Å².